The lowest BCUT2D eigenvalue weighted by atomic mass is 9.97. The largest absolute Gasteiger partial charge is 0.382 e. The SMILES string of the molecule is CNC(=O)C[C@]1(COC)CN(C(=O)c2cccc(F)c2Cl)CCO1. The van der Waals surface area contributed by atoms with Gasteiger partial charge in [0.15, 0.2) is 0 Å². The van der Waals surface area contributed by atoms with E-state index in [-0.39, 0.29) is 42.7 Å². The van der Waals surface area contributed by atoms with Crippen LogP contribution in [0.2, 0.25) is 5.02 Å². The Morgan fingerprint density at radius 2 is 2.25 bits per heavy atom. The standard InChI is InChI=1S/C16H20ClFN2O4/c1-19-13(21)8-16(10-23-2)9-20(6-7-24-16)15(22)11-4-3-5-12(18)14(11)17/h3-5H,6-10H2,1-2H3,(H,19,21)/t16-/m1/s1. The fourth-order valence-corrected chi connectivity index (χ4v) is 2.95. The van der Waals surface area contributed by atoms with Crippen LogP contribution in [0.4, 0.5) is 4.39 Å². The highest BCUT2D eigenvalue weighted by atomic mass is 35.5. The Balaban J connectivity index is 2.23. The Morgan fingerprint density at radius 3 is 2.92 bits per heavy atom. The number of carbonyl (C=O) groups excluding carboxylic acids is 2. The van der Waals surface area contributed by atoms with Crippen molar-refractivity contribution in [3.05, 3.63) is 34.6 Å². The first-order valence-corrected chi connectivity index (χ1v) is 7.87. The van der Waals surface area contributed by atoms with Crippen molar-refractivity contribution in [2.45, 2.75) is 12.0 Å². The minimum atomic E-state index is -0.942. The Labute approximate surface area is 144 Å². The maximum atomic E-state index is 13.6. The summed E-state index contributed by atoms with van der Waals surface area (Å²) in [6, 6.07) is 4.10. The predicted molar refractivity (Wildman–Crippen MR) is 86.6 cm³/mol. The number of rotatable bonds is 5. The number of methoxy groups -OCH3 is 1. The normalized spacial score (nSPS) is 20.8. The Kier molecular flexibility index (Phi) is 6.15. The number of hydrogen-bond donors (Lipinski definition) is 1. The zero-order valence-corrected chi connectivity index (χ0v) is 14.4. The van der Waals surface area contributed by atoms with Gasteiger partial charge >= 0.3 is 0 Å². The van der Waals surface area contributed by atoms with Gasteiger partial charge in [-0.15, -0.1) is 0 Å². The third-order valence-corrected chi connectivity index (χ3v) is 4.27. The lowest BCUT2D eigenvalue weighted by Crippen LogP contribution is -2.57. The molecule has 0 unspecified atom stereocenters. The first kappa shape index (κ1) is 18.6. The zero-order chi connectivity index (χ0) is 17.7. The van der Waals surface area contributed by atoms with Crippen LogP contribution in [0.3, 0.4) is 0 Å². The van der Waals surface area contributed by atoms with Gasteiger partial charge < -0.3 is 19.7 Å². The molecule has 1 N–H and O–H groups in total. The van der Waals surface area contributed by atoms with Crippen molar-refractivity contribution in [2.24, 2.45) is 0 Å². The third kappa shape index (κ3) is 4.03. The second-order valence-corrected chi connectivity index (χ2v) is 6.02. The van der Waals surface area contributed by atoms with Gasteiger partial charge in [0.05, 0.1) is 36.8 Å². The van der Waals surface area contributed by atoms with Gasteiger partial charge in [0.2, 0.25) is 5.91 Å². The molecule has 0 saturated carbocycles. The van der Waals surface area contributed by atoms with Crippen molar-refractivity contribution in [1.82, 2.24) is 10.2 Å². The molecule has 24 heavy (non-hydrogen) atoms. The molecule has 0 spiro atoms. The summed E-state index contributed by atoms with van der Waals surface area (Å²) in [7, 11) is 3.03. The van der Waals surface area contributed by atoms with Crippen LogP contribution >= 0.6 is 11.6 Å². The molecule has 8 heteroatoms. The van der Waals surface area contributed by atoms with Crippen LogP contribution in [0, 0.1) is 5.82 Å². The van der Waals surface area contributed by atoms with Crippen LogP contribution in [0.25, 0.3) is 0 Å². The molecule has 1 fully saturated rings. The van der Waals surface area contributed by atoms with Gasteiger partial charge in [-0.1, -0.05) is 17.7 Å². The second kappa shape index (κ2) is 7.92. The number of ether oxygens (including phenoxy) is 2. The summed E-state index contributed by atoms with van der Waals surface area (Å²) in [6.45, 7) is 0.880. The molecule has 6 nitrogen and oxygen atoms in total. The van der Waals surface area contributed by atoms with Crippen LogP contribution in [0.15, 0.2) is 18.2 Å². The van der Waals surface area contributed by atoms with E-state index >= 15 is 0 Å². The molecule has 2 amide bonds. The Hall–Kier alpha value is -1.70. The van der Waals surface area contributed by atoms with E-state index < -0.39 is 17.3 Å². The summed E-state index contributed by atoms with van der Waals surface area (Å²) in [5, 5.41) is 2.33. The van der Waals surface area contributed by atoms with Crippen molar-refractivity contribution < 1.29 is 23.5 Å². The molecular weight excluding hydrogens is 339 g/mol. The maximum Gasteiger partial charge on any atom is 0.255 e. The molecule has 2 rings (SSSR count). The zero-order valence-electron chi connectivity index (χ0n) is 13.6. The molecule has 0 radical (unpaired) electrons. The van der Waals surface area contributed by atoms with Crippen molar-refractivity contribution in [3.63, 3.8) is 0 Å². The first-order valence-electron chi connectivity index (χ1n) is 7.49. The van der Waals surface area contributed by atoms with E-state index in [1.165, 1.54) is 37.3 Å². The monoisotopic (exact) mass is 358 g/mol. The van der Waals surface area contributed by atoms with Crippen LogP contribution in [0.5, 0.6) is 0 Å². The van der Waals surface area contributed by atoms with Crippen molar-refractivity contribution in [1.29, 1.82) is 0 Å². The average molecular weight is 359 g/mol. The molecule has 1 aromatic rings. The highest BCUT2D eigenvalue weighted by molar-refractivity contribution is 6.34. The molecule has 1 saturated heterocycles. The molecule has 1 aromatic carbocycles. The lowest BCUT2D eigenvalue weighted by Gasteiger charge is -2.42. The van der Waals surface area contributed by atoms with Crippen molar-refractivity contribution >= 4 is 23.4 Å². The maximum absolute atomic E-state index is 13.6. The fourth-order valence-electron chi connectivity index (χ4n) is 2.75. The molecule has 0 aliphatic carbocycles. The molecule has 1 aliphatic rings. The van der Waals surface area contributed by atoms with Crippen LogP contribution in [-0.4, -0.2) is 62.8 Å². The van der Waals surface area contributed by atoms with Gasteiger partial charge in [0, 0.05) is 20.7 Å². The predicted octanol–water partition coefficient (Wildman–Crippen LogP) is 1.47. The van der Waals surface area contributed by atoms with Crippen LogP contribution < -0.4 is 5.32 Å². The highest BCUT2D eigenvalue weighted by Crippen LogP contribution is 2.26. The van der Waals surface area contributed by atoms with E-state index in [0.29, 0.717) is 6.54 Å². The van der Waals surface area contributed by atoms with Crippen LogP contribution in [0.1, 0.15) is 16.8 Å². The number of benzene rings is 1. The Bertz CT molecular complexity index is 624. The number of halogens is 2. The van der Waals surface area contributed by atoms with Gasteiger partial charge in [-0.05, 0) is 12.1 Å². The van der Waals surface area contributed by atoms with Gasteiger partial charge in [-0.25, -0.2) is 4.39 Å². The number of amides is 2. The summed E-state index contributed by atoms with van der Waals surface area (Å²) in [5.41, 5.74) is -0.854. The number of carbonyl (C=O) groups is 2. The quantitative estimate of drug-likeness (QED) is 0.865. The lowest BCUT2D eigenvalue weighted by molar-refractivity contribution is -0.150. The minimum absolute atomic E-state index is 0.0536. The molecule has 0 bridgehead atoms. The van der Waals surface area contributed by atoms with E-state index in [4.69, 9.17) is 21.1 Å². The average Bonchev–Trinajstić information content (AvgIpc) is 2.57. The summed E-state index contributed by atoms with van der Waals surface area (Å²) in [5.74, 6) is -1.27. The fraction of sp³-hybridized carbons (Fsp3) is 0.500. The van der Waals surface area contributed by atoms with E-state index in [1.807, 2.05) is 0 Å². The molecule has 1 atom stereocenters. The van der Waals surface area contributed by atoms with Crippen LogP contribution in [-0.2, 0) is 14.3 Å². The summed E-state index contributed by atoms with van der Waals surface area (Å²) >= 11 is 5.90. The summed E-state index contributed by atoms with van der Waals surface area (Å²) in [6.07, 6.45) is 0.0536. The highest BCUT2D eigenvalue weighted by Gasteiger charge is 2.40. The van der Waals surface area contributed by atoms with E-state index in [9.17, 15) is 14.0 Å². The minimum Gasteiger partial charge on any atom is -0.382 e. The van der Waals surface area contributed by atoms with Crippen molar-refractivity contribution in [2.75, 3.05) is 40.5 Å². The van der Waals surface area contributed by atoms with Gasteiger partial charge in [0.25, 0.3) is 5.91 Å². The topological polar surface area (TPSA) is 67.9 Å². The second-order valence-electron chi connectivity index (χ2n) is 5.64. The third-order valence-electron chi connectivity index (χ3n) is 3.89. The summed E-state index contributed by atoms with van der Waals surface area (Å²) in [4.78, 5) is 26.0. The van der Waals surface area contributed by atoms with Gasteiger partial charge in [-0.2, -0.15) is 0 Å². The molecule has 132 valence electrons. The molecule has 1 aliphatic heterocycles. The smallest absolute Gasteiger partial charge is 0.255 e. The number of morpholine rings is 1. The molecule has 0 aromatic heterocycles. The van der Waals surface area contributed by atoms with Gasteiger partial charge in [-0.3, -0.25) is 9.59 Å². The van der Waals surface area contributed by atoms with E-state index in [2.05, 4.69) is 5.32 Å². The van der Waals surface area contributed by atoms with E-state index in [0.717, 1.165) is 0 Å². The molecular formula is C16H20ClFN2O4. The van der Waals surface area contributed by atoms with Crippen molar-refractivity contribution in [3.8, 4) is 0 Å². The first-order chi connectivity index (χ1) is 11.4. The van der Waals surface area contributed by atoms with E-state index in [1.54, 1.807) is 0 Å². The number of hydrogen-bond acceptors (Lipinski definition) is 4. The van der Waals surface area contributed by atoms with Gasteiger partial charge in [0.1, 0.15) is 11.4 Å². The molecule has 1 heterocycles. The summed E-state index contributed by atoms with van der Waals surface area (Å²) < 4.78 is 24.5. The Morgan fingerprint density at radius 1 is 1.50 bits per heavy atom. The number of nitrogens with zero attached hydrogens (tertiary/aromatic N) is 1. The number of nitrogens with one attached hydrogen (secondary N) is 1.